The van der Waals surface area contributed by atoms with Crippen LogP contribution in [-0.4, -0.2) is 17.2 Å². The van der Waals surface area contributed by atoms with Crippen molar-refractivity contribution in [1.82, 2.24) is 5.32 Å². The molecule has 0 spiro atoms. The van der Waals surface area contributed by atoms with Gasteiger partial charge in [0.05, 0.1) is 11.6 Å². The average molecular weight is 313 g/mol. The summed E-state index contributed by atoms with van der Waals surface area (Å²) in [5.74, 6) is 1.09. The molecule has 0 aromatic heterocycles. The molecule has 0 bridgehead atoms. The summed E-state index contributed by atoms with van der Waals surface area (Å²) < 4.78 is 0. The molecule has 0 saturated heterocycles. The van der Waals surface area contributed by atoms with Crippen LogP contribution in [0.1, 0.15) is 43.7 Å². The maximum atomic E-state index is 12.4. The minimum absolute atomic E-state index is 0. The highest BCUT2D eigenvalue weighted by Gasteiger charge is 2.38. The maximum Gasteiger partial charge on any atom is 0.240 e. The molecule has 1 amide bonds. The number of rotatable bonds is 2. The first-order chi connectivity index (χ1) is 9.19. The van der Waals surface area contributed by atoms with Crippen LogP contribution in [0.3, 0.4) is 0 Å². The molecule has 1 aliphatic carbocycles. The molecular formula is C15H21ClN2OS. The molecule has 1 aromatic rings. The van der Waals surface area contributed by atoms with Crippen LogP contribution in [0.25, 0.3) is 0 Å². The average Bonchev–Trinajstić information content (AvgIpc) is 2.87. The van der Waals surface area contributed by atoms with Gasteiger partial charge in [0.2, 0.25) is 5.91 Å². The lowest BCUT2D eigenvalue weighted by atomic mass is 9.96. The molecule has 5 heteroatoms. The van der Waals surface area contributed by atoms with Crippen LogP contribution in [0.2, 0.25) is 0 Å². The number of nitrogens with two attached hydrogens (primary N) is 1. The van der Waals surface area contributed by atoms with E-state index in [2.05, 4.69) is 23.5 Å². The highest BCUT2D eigenvalue weighted by molar-refractivity contribution is 7.99. The molecule has 20 heavy (non-hydrogen) atoms. The predicted octanol–water partition coefficient (Wildman–Crippen LogP) is 3.03. The van der Waals surface area contributed by atoms with Crippen LogP contribution in [-0.2, 0) is 4.79 Å². The van der Waals surface area contributed by atoms with E-state index >= 15 is 0 Å². The number of hydrogen-bond acceptors (Lipinski definition) is 3. The molecule has 3 rings (SSSR count). The number of nitrogens with one attached hydrogen (secondary N) is 1. The van der Waals surface area contributed by atoms with Gasteiger partial charge in [-0.05, 0) is 30.9 Å². The van der Waals surface area contributed by atoms with E-state index in [0.29, 0.717) is 0 Å². The standard InChI is InChI=1S/C15H20N2OS.ClH/c16-15(8-3-4-9-15)14(18)17-12-7-10-19-13-6-2-1-5-11(12)13;/h1-2,5-6,12H,3-4,7-10,16H2,(H,17,18);1H. The molecule has 1 saturated carbocycles. The Hall–Kier alpha value is -0.710. The lowest BCUT2D eigenvalue weighted by Gasteiger charge is -2.30. The first-order valence-electron chi connectivity index (χ1n) is 7.01. The van der Waals surface area contributed by atoms with Crippen molar-refractivity contribution in [2.45, 2.75) is 48.6 Å². The summed E-state index contributed by atoms with van der Waals surface area (Å²) in [5.41, 5.74) is 6.84. The number of halogens is 1. The summed E-state index contributed by atoms with van der Waals surface area (Å²) in [5, 5.41) is 3.18. The van der Waals surface area contributed by atoms with Crippen molar-refractivity contribution in [2.24, 2.45) is 5.73 Å². The second kappa shape index (κ2) is 6.37. The fourth-order valence-electron chi connectivity index (χ4n) is 3.03. The third kappa shape index (κ3) is 2.97. The quantitative estimate of drug-likeness (QED) is 0.882. The molecule has 3 N–H and O–H groups in total. The summed E-state index contributed by atoms with van der Waals surface area (Å²) in [6.45, 7) is 0. The monoisotopic (exact) mass is 312 g/mol. The van der Waals surface area contributed by atoms with Gasteiger partial charge in [-0.2, -0.15) is 0 Å². The van der Waals surface area contributed by atoms with E-state index in [0.717, 1.165) is 37.9 Å². The second-order valence-corrected chi connectivity index (χ2v) is 6.70. The van der Waals surface area contributed by atoms with Gasteiger partial charge in [-0.1, -0.05) is 31.0 Å². The summed E-state index contributed by atoms with van der Waals surface area (Å²) in [6.07, 6.45) is 4.77. The SMILES string of the molecule is Cl.NC1(C(=O)NC2CCSc3ccccc32)CCCC1. The summed E-state index contributed by atoms with van der Waals surface area (Å²) in [4.78, 5) is 13.7. The zero-order valence-corrected chi connectivity index (χ0v) is 13.1. The zero-order valence-electron chi connectivity index (χ0n) is 11.4. The molecule has 2 aliphatic rings. The van der Waals surface area contributed by atoms with Crippen molar-refractivity contribution in [3.63, 3.8) is 0 Å². The number of hydrogen-bond donors (Lipinski definition) is 2. The Balaban J connectivity index is 0.00000147. The van der Waals surface area contributed by atoms with Gasteiger partial charge in [-0.15, -0.1) is 24.2 Å². The molecule has 1 aromatic carbocycles. The zero-order chi connectivity index (χ0) is 13.3. The third-order valence-corrected chi connectivity index (χ3v) is 5.33. The predicted molar refractivity (Wildman–Crippen MR) is 85.3 cm³/mol. The van der Waals surface area contributed by atoms with E-state index in [1.54, 1.807) is 0 Å². The second-order valence-electron chi connectivity index (χ2n) is 5.56. The molecular weight excluding hydrogens is 292 g/mol. The number of carbonyl (C=O) groups excluding carboxylic acids is 1. The van der Waals surface area contributed by atoms with E-state index in [9.17, 15) is 4.79 Å². The first kappa shape index (κ1) is 15.7. The maximum absolute atomic E-state index is 12.4. The number of amides is 1. The summed E-state index contributed by atoms with van der Waals surface area (Å²) in [7, 11) is 0. The van der Waals surface area contributed by atoms with Crippen molar-refractivity contribution in [2.75, 3.05) is 5.75 Å². The van der Waals surface area contributed by atoms with E-state index in [4.69, 9.17) is 5.73 Å². The number of carbonyl (C=O) groups is 1. The van der Waals surface area contributed by atoms with Gasteiger partial charge in [-0.3, -0.25) is 4.79 Å². The normalized spacial score (nSPS) is 23.6. The molecule has 1 fully saturated rings. The topological polar surface area (TPSA) is 55.1 Å². The van der Waals surface area contributed by atoms with Crippen molar-refractivity contribution in [1.29, 1.82) is 0 Å². The van der Waals surface area contributed by atoms with Crippen LogP contribution in [0.4, 0.5) is 0 Å². The lowest BCUT2D eigenvalue weighted by Crippen LogP contribution is -2.52. The van der Waals surface area contributed by atoms with Crippen LogP contribution < -0.4 is 11.1 Å². The largest absolute Gasteiger partial charge is 0.348 e. The van der Waals surface area contributed by atoms with Crippen LogP contribution in [0.15, 0.2) is 29.2 Å². The molecule has 1 heterocycles. The smallest absolute Gasteiger partial charge is 0.240 e. The number of thioether (sulfide) groups is 1. The minimum atomic E-state index is -0.625. The van der Waals surface area contributed by atoms with E-state index in [1.165, 1.54) is 10.5 Å². The van der Waals surface area contributed by atoms with Crippen LogP contribution >= 0.6 is 24.2 Å². The van der Waals surface area contributed by atoms with Gasteiger partial charge < -0.3 is 11.1 Å². The van der Waals surface area contributed by atoms with Crippen molar-refractivity contribution in [3.05, 3.63) is 29.8 Å². The van der Waals surface area contributed by atoms with Crippen molar-refractivity contribution >= 4 is 30.1 Å². The third-order valence-electron chi connectivity index (χ3n) is 4.21. The van der Waals surface area contributed by atoms with Gasteiger partial charge in [0.15, 0.2) is 0 Å². The Bertz CT molecular complexity index is 489. The first-order valence-corrected chi connectivity index (χ1v) is 7.99. The van der Waals surface area contributed by atoms with Crippen LogP contribution in [0.5, 0.6) is 0 Å². The van der Waals surface area contributed by atoms with Crippen LogP contribution in [0, 0.1) is 0 Å². The van der Waals surface area contributed by atoms with Crippen molar-refractivity contribution < 1.29 is 4.79 Å². The van der Waals surface area contributed by atoms with E-state index < -0.39 is 5.54 Å². The van der Waals surface area contributed by atoms with E-state index in [-0.39, 0.29) is 24.4 Å². The Kier molecular flexibility index (Phi) is 4.99. The van der Waals surface area contributed by atoms with Gasteiger partial charge in [0, 0.05) is 10.6 Å². The van der Waals surface area contributed by atoms with Gasteiger partial charge in [0.25, 0.3) is 0 Å². The summed E-state index contributed by atoms with van der Waals surface area (Å²) in [6, 6.07) is 8.47. The number of fused-ring (bicyclic) bond motifs is 1. The fraction of sp³-hybridized carbons (Fsp3) is 0.533. The molecule has 1 atom stereocenters. The Labute approximate surface area is 130 Å². The Morgan fingerprint density at radius 1 is 1.30 bits per heavy atom. The Morgan fingerprint density at radius 2 is 2.00 bits per heavy atom. The fourth-order valence-corrected chi connectivity index (χ4v) is 4.15. The lowest BCUT2D eigenvalue weighted by molar-refractivity contribution is -0.127. The highest BCUT2D eigenvalue weighted by atomic mass is 35.5. The molecule has 110 valence electrons. The highest BCUT2D eigenvalue weighted by Crippen LogP contribution is 2.36. The minimum Gasteiger partial charge on any atom is -0.348 e. The molecule has 1 aliphatic heterocycles. The molecule has 0 radical (unpaired) electrons. The number of benzene rings is 1. The Morgan fingerprint density at radius 3 is 2.75 bits per heavy atom. The molecule has 3 nitrogen and oxygen atoms in total. The van der Waals surface area contributed by atoms with Gasteiger partial charge >= 0.3 is 0 Å². The molecule has 1 unspecified atom stereocenters. The van der Waals surface area contributed by atoms with E-state index in [1.807, 2.05) is 17.8 Å². The summed E-state index contributed by atoms with van der Waals surface area (Å²) >= 11 is 1.87. The van der Waals surface area contributed by atoms with Crippen molar-refractivity contribution in [3.8, 4) is 0 Å². The van der Waals surface area contributed by atoms with Gasteiger partial charge in [0.1, 0.15) is 0 Å². The van der Waals surface area contributed by atoms with Gasteiger partial charge in [-0.25, -0.2) is 0 Å².